The fraction of sp³-hybridized carbons (Fsp3) is 0.375. The van der Waals surface area contributed by atoms with Gasteiger partial charge in [-0.1, -0.05) is 30.3 Å². The maximum atomic E-state index is 13.5. The topological polar surface area (TPSA) is 79.3 Å². The van der Waals surface area contributed by atoms with Crippen LogP contribution >= 0.6 is 0 Å². The third-order valence-electron chi connectivity index (χ3n) is 6.04. The number of amides is 1. The van der Waals surface area contributed by atoms with E-state index >= 15 is 0 Å². The number of hydrogen-bond donors (Lipinski definition) is 2. The monoisotopic (exact) mass is 437 g/mol. The lowest BCUT2D eigenvalue weighted by Gasteiger charge is -2.19. The van der Waals surface area contributed by atoms with Crippen LogP contribution in [0.4, 0.5) is 4.39 Å². The summed E-state index contributed by atoms with van der Waals surface area (Å²) in [6, 6.07) is 14.3. The van der Waals surface area contributed by atoms with Crippen molar-refractivity contribution in [3.63, 3.8) is 0 Å². The first-order valence-corrected chi connectivity index (χ1v) is 10.9. The van der Waals surface area contributed by atoms with Crippen LogP contribution in [0.15, 0.2) is 53.3 Å². The van der Waals surface area contributed by atoms with Gasteiger partial charge in [-0.2, -0.15) is 5.10 Å². The number of fused-ring (bicyclic) bond motifs is 1. The fourth-order valence-corrected chi connectivity index (χ4v) is 4.21. The van der Waals surface area contributed by atoms with Crippen molar-refractivity contribution < 1.29 is 9.18 Å². The second-order valence-corrected chi connectivity index (χ2v) is 8.38. The molecule has 0 saturated carbocycles. The van der Waals surface area contributed by atoms with Crippen molar-refractivity contribution in [3.05, 3.63) is 76.0 Å². The molecule has 1 aliphatic heterocycles. The van der Waals surface area contributed by atoms with E-state index in [1.165, 1.54) is 10.7 Å². The molecule has 7 nitrogen and oxygen atoms in total. The molecule has 1 fully saturated rings. The Morgan fingerprint density at radius 1 is 1.19 bits per heavy atom. The first-order chi connectivity index (χ1) is 15.4. The maximum Gasteiger partial charge on any atom is 0.275 e. The number of hydrogen-bond acceptors (Lipinski definition) is 5. The number of aryl methyl sites for hydroxylation is 1. The molecule has 32 heavy (non-hydrogen) atoms. The van der Waals surface area contributed by atoms with E-state index in [2.05, 4.69) is 16.0 Å². The molecule has 2 atom stereocenters. The fourth-order valence-electron chi connectivity index (χ4n) is 4.21. The van der Waals surface area contributed by atoms with Crippen molar-refractivity contribution in [3.8, 4) is 0 Å². The first kappa shape index (κ1) is 22.1. The van der Waals surface area contributed by atoms with E-state index in [0.717, 1.165) is 35.9 Å². The van der Waals surface area contributed by atoms with Crippen molar-refractivity contribution in [2.24, 2.45) is 0 Å². The summed E-state index contributed by atoms with van der Waals surface area (Å²) in [6.45, 7) is 2.35. The van der Waals surface area contributed by atoms with Crippen LogP contribution in [0.2, 0.25) is 0 Å². The zero-order valence-electron chi connectivity index (χ0n) is 18.3. The SMILES string of the molecule is Cc1nn(CC(=O)N(C)CCCC2CC(c3cccc(F)c3)NN2)c(=O)c2ccccc12. The number of nitrogens with one attached hydrogen (secondary N) is 2. The normalized spacial score (nSPS) is 18.2. The van der Waals surface area contributed by atoms with Crippen LogP contribution in [-0.4, -0.2) is 40.2 Å². The lowest BCUT2D eigenvalue weighted by Crippen LogP contribution is -2.36. The highest BCUT2D eigenvalue weighted by molar-refractivity contribution is 5.83. The predicted octanol–water partition coefficient (Wildman–Crippen LogP) is 2.69. The van der Waals surface area contributed by atoms with Gasteiger partial charge in [-0.05, 0) is 49.9 Å². The van der Waals surface area contributed by atoms with Crippen molar-refractivity contribution in [1.29, 1.82) is 0 Å². The van der Waals surface area contributed by atoms with Crippen LogP contribution in [0.3, 0.4) is 0 Å². The number of carbonyl (C=O) groups excluding carboxylic acids is 1. The number of aromatic nitrogens is 2. The third kappa shape index (κ3) is 4.87. The van der Waals surface area contributed by atoms with Gasteiger partial charge in [0.25, 0.3) is 5.56 Å². The minimum Gasteiger partial charge on any atom is -0.344 e. The molecule has 0 spiro atoms. The molecule has 1 aliphatic rings. The second-order valence-electron chi connectivity index (χ2n) is 8.38. The molecular weight excluding hydrogens is 409 g/mol. The molecule has 1 amide bonds. The molecule has 0 bridgehead atoms. The minimum atomic E-state index is -0.252. The highest BCUT2D eigenvalue weighted by Gasteiger charge is 2.25. The van der Waals surface area contributed by atoms with Crippen molar-refractivity contribution >= 4 is 16.7 Å². The molecule has 0 aliphatic carbocycles. The van der Waals surface area contributed by atoms with Gasteiger partial charge in [-0.15, -0.1) is 0 Å². The average molecular weight is 438 g/mol. The van der Waals surface area contributed by atoms with Gasteiger partial charge < -0.3 is 4.90 Å². The lowest BCUT2D eigenvalue weighted by molar-refractivity contribution is -0.130. The highest BCUT2D eigenvalue weighted by Crippen LogP contribution is 2.24. The number of halogens is 1. The summed E-state index contributed by atoms with van der Waals surface area (Å²) in [7, 11) is 1.75. The van der Waals surface area contributed by atoms with Gasteiger partial charge in [-0.3, -0.25) is 20.4 Å². The third-order valence-corrected chi connectivity index (χ3v) is 6.04. The number of nitrogens with zero attached hydrogens (tertiary/aromatic N) is 3. The van der Waals surface area contributed by atoms with E-state index in [-0.39, 0.29) is 35.9 Å². The summed E-state index contributed by atoms with van der Waals surface area (Å²) in [6.07, 6.45) is 2.55. The molecule has 2 aromatic carbocycles. The molecule has 2 unspecified atom stereocenters. The van der Waals surface area contributed by atoms with Crippen LogP contribution in [0, 0.1) is 12.7 Å². The quantitative estimate of drug-likeness (QED) is 0.594. The van der Waals surface area contributed by atoms with Crippen LogP contribution in [0.1, 0.15) is 36.6 Å². The molecule has 1 saturated heterocycles. The van der Waals surface area contributed by atoms with Crippen LogP contribution in [-0.2, 0) is 11.3 Å². The van der Waals surface area contributed by atoms with E-state index < -0.39 is 0 Å². The van der Waals surface area contributed by atoms with Gasteiger partial charge >= 0.3 is 0 Å². The van der Waals surface area contributed by atoms with Crippen LogP contribution < -0.4 is 16.4 Å². The summed E-state index contributed by atoms with van der Waals surface area (Å²) in [5, 5.41) is 5.70. The summed E-state index contributed by atoms with van der Waals surface area (Å²) < 4.78 is 14.7. The lowest BCUT2D eigenvalue weighted by atomic mass is 9.99. The maximum absolute atomic E-state index is 13.5. The van der Waals surface area contributed by atoms with Gasteiger partial charge in [0.15, 0.2) is 0 Å². The molecule has 2 heterocycles. The number of carbonyl (C=O) groups is 1. The van der Waals surface area contributed by atoms with Crippen molar-refractivity contribution in [1.82, 2.24) is 25.5 Å². The molecular formula is C24H28FN5O2. The van der Waals surface area contributed by atoms with E-state index in [9.17, 15) is 14.0 Å². The molecule has 168 valence electrons. The van der Waals surface area contributed by atoms with Gasteiger partial charge in [0.05, 0.1) is 11.1 Å². The molecule has 1 aromatic heterocycles. The van der Waals surface area contributed by atoms with Gasteiger partial charge in [-0.25, -0.2) is 9.07 Å². The Kier molecular flexibility index (Phi) is 6.62. The van der Waals surface area contributed by atoms with Gasteiger partial charge in [0.1, 0.15) is 12.4 Å². The van der Waals surface area contributed by atoms with Crippen LogP contribution in [0.5, 0.6) is 0 Å². The molecule has 8 heteroatoms. The number of rotatable bonds is 7. The summed E-state index contributed by atoms with van der Waals surface area (Å²) >= 11 is 0. The van der Waals surface area contributed by atoms with Crippen LogP contribution in [0.25, 0.3) is 10.8 Å². The Bertz CT molecular complexity index is 1180. The molecule has 4 rings (SSSR count). The Labute approximate surface area is 186 Å². The Hall–Kier alpha value is -3.10. The van der Waals surface area contributed by atoms with Gasteiger partial charge in [0.2, 0.25) is 5.91 Å². The molecule has 3 aromatic rings. The zero-order valence-corrected chi connectivity index (χ0v) is 18.3. The predicted molar refractivity (Wildman–Crippen MR) is 121 cm³/mol. The van der Waals surface area contributed by atoms with Crippen molar-refractivity contribution in [2.75, 3.05) is 13.6 Å². The van der Waals surface area contributed by atoms with Crippen molar-refractivity contribution in [2.45, 2.75) is 44.8 Å². The smallest absolute Gasteiger partial charge is 0.275 e. The van der Waals surface area contributed by atoms with E-state index in [0.29, 0.717) is 11.9 Å². The highest BCUT2D eigenvalue weighted by atomic mass is 19.1. The van der Waals surface area contributed by atoms with E-state index in [1.807, 2.05) is 31.2 Å². The summed E-state index contributed by atoms with van der Waals surface area (Å²) in [5.41, 5.74) is 7.89. The zero-order chi connectivity index (χ0) is 22.7. The minimum absolute atomic E-state index is 0.0733. The Balaban J connectivity index is 1.28. The summed E-state index contributed by atoms with van der Waals surface area (Å²) in [4.78, 5) is 27.0. The molecule has 2 N–H and O–H groups in total. The van der Waals surface area contributed by atoms with Gasteiger partial charge in [0, 0.05) is 31.1 Å². The number of likely N-dealkylation sites (N-methyl/N-ethyl adjacent to an activating group) is 1. The molecule has 0 radical (unpaired) electrons. The number of benzene rings is 2. The summed E-state index contributed by atoms with van der Waals surface area (Å²) in [5.74, 6) is -0.382. The van der Waals surface area contributed by atoms with E-state index in [4.69, 9.17) is 0 Å². The first-order valence-electron chi connectivity index (χ1n) is 10.9. The average Bonchev–Trinajstić information content (AvgIpc) is 3.26. The standard InChI is InChI=1S/C24H28FN5O2/c1-16-20-10-3-4-11-21(20)24(32)30(28-16)15-23(31)29(2)12-6-9-19-14-22(27-26-19)17-7-5-8-18(25)13-17/h3-5,7-8,10-11,13,19,22,26-27H,6,9,12,14-15H2,1-2H3. The second kappa shape index (κ2) is 9.58. The number of hydrazine groups is 1. The Morgan fingerprint density at radius 2 is 1.97 bits per heavy atom. The Morgan fingerprint density at radius 3 is 2.75 bits per heavy atom. The van der Waals surface area contributed by atoms with E-state index in [1.54, 1.807) is 30.1 Å². The largest absolute Gasteiger partial charge is 0.344 e.